The predicted octanol–water partition coefficient (Wildman–Crippen LogP) is 4.10. The van der Waals surface area contributed by atoms with Crippen LogP contribution in [0, 0.1) is 0 Å². The maximum Gasteiger partial charge on any atom is 0.163 e. The van der Waals surface area contributed by atoms with Gasteiger partial charge in [-0.05, 0) is 12.8 Å². The molecule has 1 aliphatic rings. The fraction of sp³-hybridized carbons (Fsp3) is 0.333. The Kier molecular flexibility index (Phi) is 4.68. The first kappa shape index (κ1) is 14.6. The highest BCUT2D eigenvalue weighted by Gasteiger charge is 2.16. The van der Waals surface area contributed by atoms with Gasteiger partial charge in [0, 0.05) is 24.2 Å². The summed E-state index contributed by atoms with van der Waals surface area (Å²) in [4.78, 5) is 9.29. The van der Waals surface area contributed by atoms with E-state index in [2.05, 4.69) is 27.2 Å². The van der Waals surface area contributed by atoms with E-state index in [1.54, 1.807) is 0 Å². The van der Waals surface area contributed by atoms with Gasteiger partial charge in [0.2, 0.25) is 0 Å². The summed E-state index contributed by atoms with van der Waals surface area (Å²) >= 11 is 0. The van der Waals surface area contributed by atoms with Crippen LogP contribution in [0.15, 0.2) is 49.1 Å². The Morgan fingerprint density at radius 2 is 1.82 bits per heavy atom. The van der Waals surface area contributed by atoms with Crippen molar-refractivity contribution in [2.24, 2.45) is 0 Å². The average Bonchev–Trinajstić information content (AvgIpc) is 3.06. The van der Waals surface area contributed by atoms with E-state index in [0.29, 0.717) is 12.6 Å². The maximum atomic E-state index is 4.69. The molecule has 0 atom stereocenters. The molecule has 2 aromatic rings. The number of nitrogens with one attached hydrogen (secondary N) is 2. The van der Waals surface area contributed by atoms with Gasteiger partial charge in [0.15, 0.2) is 5.82 Å². The summed E-state index contributed by atoms with van der Waals surface area (Å²) in [6.45, 7) is 4.43. The van der Waals surface area contributed by atoms with E-state index in [0.717, 1.165) is 23.0 Å². The largest absolute Gasteiger partial charge is 0.367 e. The fourth-order valence-corrected chi connectivity index (χ4v) is 2.78. The summed E-state index contributed by atoms with van der Waals surface area (Å²) in [5.41, 5.74) is 1.03. The minimum Gasteiger partial charge on any atom is -0.367 e. The Hall–Kier alpha value is -2.36. The molecule has 0 unspecified atom stereocenters. The number of nitrogens with zero attached hydrogens (tertiary/aromatic N) is 2. The monoisotopic (exact) mass is 294 g/mol. The van der Waals surface area contributed by atoms with Crippen LogP contribution in [-0.4, -0.2) is 22.6 Å². The van der Waals surface area contributed by atoms with Crippen LogP contribution in [0.4, 0.5) is 11.6 Å². The molecule has 0 saturated heterocycles. The van der Waals surface area contributed by atoms with Crippen LogP contribution in [0.3, 0.4) is 0 Å². The lowest BCUT2D eigenvalue weighted by Crippen LogP contribution is -2.16. The molecular formula is C18H22N4. The van der Waals surface area contributed by atoms with Crippen molar-refractivity contribution in [3.63, 3.8) is 0 Å². The minimum atomic E-state index is 0.533. The Morgan fingerprint density at radius 1 is 1.09 bits per heavy atom. The second-order valence-electron chi connectivity index (χ2n) is 5.62. The van der Waals surface area contributed by atoms with Gasteiger partial charge in [-0.25, -0.2) is 9.97 Å². The predicted molar refractivity (Wildman–Crippen MR) is 92.0 cm³/mol. The molecule has 0 radical (unpaired) electrons. The Morgan fingerprint density at radius 3 is 2.55 bits per heavy atom. The molecule has 1 aliphatic carbocycles. The maximum absolute atomic E-state index is 4.69. The molecule has 0 spiro atoms. The van der Waals surface area contributed by atoms with Crippen LogP contribution in [-0.2, 0) is 0 Å². The summed E-state index contributed by atoms with van der Waals surface area (Å²) in [5, 5.41) is 6.81. The number of anilines is 2. The van der Waals surface area contributed by atoms with Crippen molar-refractivity contribution in [1.29, 1.82) is 0 Å². The molecule has 0 amide bonds. The van der Waals surface area contributed by atoms with Gasteiger partial charge in [0.1, 0.15) is 11.6 Å². The SMILES string of the molecule is C=CCNc1cc(NC2CCCC2)nc(-c2ccccc2)n1. The first-order valence-corrected chi connectivity index (χ1v) is 7.91. The van der Waals surface area contributed by atoms with Gasteiger partial charge in [-0.15, -0.1) is 6.58 Å². The summed E-state index contributed by atoms with van der Waals surface area (Å²) < 4.78 is 0. The fourth-order valence-electron chi connectivity index (χ4n) is 2.78. The second-order valence-corrected chi connectivity index (χ2v) is 5.62. The second kappa shape index (κ2) is 7.07. The van der Waals surface area contributed by atoms with Crippen molar-refractivity contribution >= 4 is 11.6 Å². The first-order valence-electron chi connectivity index (χ1n) is 7.91. The van der Waals surface area contributed by atoms with Crippen LogP contribution in [0.1, 0.15) is 25.7 Å². The standard InChI is InChI=1S/C18H22N4/c1-2-12-19-16-13-17(20-15-10-6-7-11-15)22-18(21-16)14-8-4-3-5-9-14/h2-5,8-9,13,15H,1,6-7,10-12H2,(H2,19,20,21,22). The molecule has 22 heavy (non-hydrogen) atoms. The third-order valence-electron chi connectivity index (χ3n) is 3.89. The van der Waals surface area contributed by atoms with Crippen molar-refractivity contribution < 1.29 is 0 Å². The summed E-state index contributed by atoms with van der Waals surface area (Å²) in [6.07, 6.45) is 6.88. The van der Waals surface area contributed by atoms with E-state index >= 15 is 0 Å². The Balaban J connectivity index is 1.88. The van der Waals surface area contributed by atoms with Crippen LogP contribution in [0.25, 0.3) is 11.4 Å². The zero-order valence-corrected chi connectivity index (χ0v) is 12.8. The first-order chi connectivity index (χ1) is 10.8. The number of hydrogen-bond donors (Lipinski definition) is 2. The Bertz CT molecular complexity index is 618. The van der Waals surface area contributed by atoms with E-state index in [9.17, 15) is 0 Å². The number of rotatable bonds is 6. The van der Waals surface area contributed by atoms with Crippen molar-refractivity contribution in [3.8, 4) is 11.4 Å². The number of aromatic nitrogens is 2. The van der Waals surface area contributed by atoms with Crippen molar-refractivity contribution in [2.45, 2.75) is 31.7 Å². The molecular weight excluding hydrogens is 272 g/mol. The van der Waals surface area contributed by atoms with Gasteiger partial charge in [-0.2, -0.15) is 0 Å². The van der Waals surface area contributed by atoms with E-state index < -0.39 is 0 Å². The summed E-state index contributed by atoms with van der Waals surface area (Å²) in [5.74, 6) is 2.47. The van der Waals surface area contributed by atoms with Gasteiger partial charge in [-0.3, -0.25) is 0 Å². The topological polar surface area (TPSA) is 49.8 Å². The van der Waals surface area contributed by atoms with E-state index in [4.69, 9.17) is 0 Å². The van der Waals surface area contributed by atoms with Crippen LogP contribution < -0.4 is 10.6 Å². The molecule has 2 N–H and O–H groups in total. The normalized spacial score (nSPS) is 14.7. The molecule has 1 aromatic carbocycles. The minimum absolute atomic E-state index is 0.533. The van der Waals surface area contributed by atoms with Gasteiger partial charge in [0.25, 0.3) is 0 Å². The summed E-state index contributed by atoms with van der Waals surface area (Å²) in [7, 11) is 0. The van der Waals surface area contributed by atoms with E-state index in [-0.39, 0.29) is 0 Å². The third kappa shape index (κ3) is 3.64. The molecule has 1 saturated carbocycles. The molecule has 114 valence electrons. The zero-order chi connectivity index (χ0) is 15.2. The zero-order valence-electron chi connectivity index (χ0n) is 12.8. The average molecular weight is 294 g/mol. The lowest BCUT2D eigenvalue weighted by atomic mass is 10.2. The summed E-state index contributed by atoms with van der Waals surface area (Å²) in [6, 6.07) is 12.6. The molecule has 4 nitrogen and oxygen atoms in total. The van der Waals surface area contributed by atoms with E-state index in [1.807, 2.05) is 42.5 Å². The van der Waals surface area contributed by atoms with Crippen LogP contribution in [0.5, 0.6) is 0 Å². The number of hydrogen-bond acceptors (Lipinski definition) is 4. The highest BCUT2D eigenvalue weighted by Crippen LogP contribution is 2.24. The smallest absolute Gasteiger partial charge is 0.163 e. The van der Waals surface area contributed by atoms with Crippen LogP contribution in [0.2, 0.25) is 0 Å². The molecule has 3 rings (SSSR count). The molecule has 1 aromatic heterocycles. The van der Waals surface area contributed by atoms with Gasteiger partial charge >= 0.3 is 0 Å². The Labute approximate surface area is 131 Å². The lowest BCUT2D eigenvalue weighted by Gasteiger charge is -2.15. The third-order valence-corrected chi connectivity index (χ3v) is 3.89. The van der Waals surface area contributed by atoms with Crippen LogP contribution >= 0.6 is 0 Å². The molecule has 4 heteroatoms. The molecule has 1 fully saturated rings. The van der Waals surface area contributed by atoms with Crippen molar-refractivity contribution in [2.75, 3.05) is 17.2 Å². The van der Waals surface area contributed by atoms with E-state index in [1.165, 1.54) is 25.7 Å². The highest BCUT2D eigenvalue weighted by molar-refractivity contribution is 5.61. The quantitative estimate of drug-likeness (QED) is 0.788. The van der Waals surface area contributed by atoms with Gasteiger partial charge < -0.3 is 10.6 Å². The van der Waals surface area contributed by atoms with Gasteiger partial charge in [-0.1, -0.05) is 49.2 Å². The van der Waals surface area contributed by atoms with Crippen molar-refractivity contribution in [3.05, 3.63) is 49.1 Å². The number of benzene rings is 1. The molecule has 1 heterocycles. The lowest BCUT2D eigenvalue weighted by molar-refractivity contribution is 0.750. The molecule has 0 bridgehead atoms. The van der Waals surface area contributed by atoms with Gasteiger partial charge in [0.05, 0.1) is 0 Å². The highest BCUT2D eigenvalue weighted by atomic mass is 15.1. The molecule has 0 aliphatic heterocycles. The van der Waals surface area contributed by atoms with Crippen molar-refractivity contribution in [1.82, 2.24) is 9.97 Å².